The van der Waals surface area contributed by atoms with Gasteiger partial charge in [0.15, 0.2) is 11.5 Å². The number of hydrazone groups is 1. The first-order chi connectivity index (χ1) is 12.4. The van der Waals surface area contributed by atoms with Crippen molar-refractivity contribution in [3.63, 3.8) is 0 Å². The molecule has 136 valence electrons. The van der Waals surface area contributed by atoms with E-state index in [2.05, 4.69) is 15.8 Å². The van der Waals surface area contributed by atoms with Crippen LogP contribution in [0.2, 0.25) is 0 Å². The number of aromatic hydroxyl groups is 1. The standard InChI is InChI=1S/C19H21N3O4/c1-4-26-16-10-14(8-9-15(16)23)11-20-22-19(25)18(24)21-17-12(2)6-5-7-13(17)3/h5-11,23H,4H2,1-3H3,(H,21,24)(H,22,25)/b20-11+. The SMILES string of the molecule is CCOc1cc(/C=N/NC(=O)C(=O)Nc2c(C)cccc2C)ccc1O. The lowest BCUT2D eigenvalue weighted by molar-refractivity contribution is -0.136. The largest absolute Gasteiger partial charge is 0.504 e. The maximum absolute atomic E-state index is 12.0. The summed E-state index contributed by atoms with van der Waals surface area (Å²) >= 11 is 0. The van der Waals surface area contributed by atoms with E-state index in [1.165, 1.54) is 12.3 Å². The predicted octanol–water partition coefficient (Wildman–Crippen LogP) is 2.50. The van der Waals surface area contributed by atoms with Crippen LogP contribution in [0.4, 0.5) is 5.69 Å². The fourth-order valence-corrected chi connectivity index (χ4v) is 2.28. The second-order valence-corrected chi connectivity index (χ2v) is 5.58. The van der Waals surface area contributed by atoms with Crippen LogP contribution in [0.1, 0.15) is 23.6 Å². The molecule has 2 aromatic carbocycles. The highest BCUT2D eigenvalue weighted by Crippen LogP contribution is 2.26. The van der Waals surface area contributed by atoms with Crippen molar-refractivity contribution >= 4 is 23.7 Å². The van der Waals surface area contributed by atoms with Crippen LogP contribution >= 0.6 is 0 Å². The normalized spacial score (nSPS) is 10.6. The zero-order chi connectivity index (χ0) is 19.1. The van der Waals surface area contributed by atoms with Gasteiger partial charge in [-0.15, -0.1) is 0 Å². The van der Waals surface area contributed by atoms with Crippen LogP contribution < -0.4 is 15.5 Å². The number of rotatable bonds is 5. The van der Waals surface area contributed by atoms with E-state index in [4.69, 9.17) is 4.74 Å². The summed E-state index contributed by atoms with van der Waals surface area (Å²) in [4.78, 5) is 23.9. The number of nitrogens with zero attached hydrogens (tertiary/aromatic N) is 1. The van der Waals surface area contributed by atoms with Crippen LogP contribution in [-0.4, -0.2) is 29.7 Å². The lowest BCUT2D eigenvalue weighted by Crippen LogP contribution is -2.32. The van der Waals surface area contributed by atoms with Gasteiger partial charge in [0.2, 0.25) is 0 Å². The molecule has 0 aliphatic carbocycles. The second kappa shape index (κ2) is 8.66. The number of phenols is 1. The summed E-state index contributed by atoms with van der Waals surface area (Å²) in [7, 11) is 0. The minimum atomic E-state index is -0.882. The van der Waals surface area contributed by atoms with Crippen molar-refractivity contribution in [2.45, 2.75) is 20.8 Å². The molecule has 0 fully saturated rings. The zero-order valence-corrected chi connectivity index (χ0v) is 14.9. The van der Waals surface area contributed by atoms with E-state index in [-0.39, 0.29) is 5.75 Å². The van der Waals surface area contributed by atoms with Gasteiger partial charge in [0.1, 0.15) is 0 Å². The molecule has 2 aromatic rings. The molecule has 0 radical (unpaired) electrons. The quantitative estimate of drug-likeness (QED) is 0.436. The van der Waals surface area contributed by atoms with Crippen LogP contribution in [0.15, 0.2) is 41.5 Å². The molecule has 0 spiro atoms. The molecule has 2 rings (SSSR count). The number of phenolic OH excluding ortho intramolecular Hbond substituents is 1. The van der Waals surface area contributed by atoms with E-state index < -0.39 is 11.8 Å². The van der Waals surface area contributed by atoms with Crippen LogP contribution in [0, 0.1) is 13.8 Å². The number of carbonyl (C=O) groups is 2. The maximum atomic E-state index is 12.0. The summed E-state index contributed by atoms with van der Waals surface area (Å²) in [6.45, 7) is 5.90. The third-order valence-corrected chi connectivity index (χ3v) is 3.59. The third-order valence-electron chi connectivity index (χ3n) is 3.59. The summed E-state index contributed by atoms with van der Waals surface area (Å²) in [6.07, 6.45) is 1.35. The molecule has 26 heavy (non-hydrogen) atoms. The van der Waals surface area contributed by atoms with Crippen LogP contribution in [0.3, 0.4) is 0 Å². The average molecular weight is 355 g/mol. The van der Waals surface area contributed by atoms with Gasteiger partial charge in [0, 0.05) is 5.69 Å². The van der Waals surface area contributed by atoms with Crippen molar-refractivity contribution in [3.8, 4) is 11.5 Å². The Bertz CT molecular complexity index is 826. The van der Waals surface area contributed by atoms with E-state index >= 15 is 0 Å². The number of carbonyl (C=O) groups excluding carboxylic acids is 2. The summed E-state index contributed by atoms with van der Waals surface area (Å²) in [5, 5.41) is 16.0. The molecule has 0 aromatic heterocycles. The highest BCUT2D eigenvalue weighted by molar-refractivity contribution is 6.39. The molecule has 0 aliphatic rings. The molecule has 0 aliphatic heterocycles. The van der Waals surface area contributed by atoms with Gasteiger partial charge in [-0.2, -0.15) is 5.10 Å². The van der Waals surface area contributed by atoms with Crippen molar-refractivity contribution in [1.29, 1.82) is 0 Å². The Balaban J connectivity index is 1.98. The first kappa shape index (κ1) is 19.0. The number of benzene rings is 2. The smallest absolute Gasteiger partial charge is 0.329 e. The molecule has 0 atom stereocenters. The highest BCUT2D eigenvalue weighted by atomic mass is 16.5. The maximum Gasteiger partial charge on any atom is 0.329 e. The number of hydrogen-bond acceptors (Lipinski definition) is 5. The van der Waals surface area contributed by atoms with Gasteiger partial charge in [0.05, 0.1) is 12.8 Å². The first-order valence-electron chi connectivity index (χ1n) is 8.08. The molecule has 0 saturated heterocycles. The zero-order valence-electron chi connectivity index (χ0n) is 14.9. The molecule has 0 heterocycles. The van der Waals surface area contributed by atoms with Crippen LogP contribution in [-0.2, 0) is 9.59 Å². The van der Waals surface area contributed by atoms with Crippen molar-refractivity contribution in [2.24, 2.45) is 5.10 Å². The number of amides is 2. The Morgan fingerprint density at radius 3 is 2.50 bits per heavy atom. The Kier molecular flexibility index (Phi) is 6.32. The number of hydrogen-bond donors (Lipinski definition) is 3. The van der Waals surface area contributed by atoms with E-state index in [0.29, 0.717) is 23.6 Å². The first-order valence-corrected chi connectivity index (χ1v) is 8.08. The fraction of sp³-hybridized carbons (Fsp3) is 0.211. The highest BCUT2D eigenvalue weighted by Gasteiger charge is 2.15. The molecule has 7 heteroatoms. The molecular weight excluding hydrogens is 334 g/mol. The topological polar surface area (TPSA) is 100 Å². The molecule has 7 nitrogen and oxygen atoms in total. The Morgan fingerprint density at radius 2 is 1.85 bits per heavy atom. The summed E-state index contributed by atoms with van der Waals surface area (Å²) in [6, 6.07) is 10.2. The second-order valence-electron chi connectivity index (χ2n) is 5.58. The van der Waals surface area contributed by atoms with Gasteiger partial charge in [-0.3, -0.25) is 9.59 Å². The van der Waals surface area contributed by atoms with E-state index in [0.717, 1.165) is 11.1 Å². The van der Waals surface area contributed by atoms with Gasteiger partial charge in [-0.05, 0) is 55.7 Å². The van der Waals surface area contributed by atoms with E-state index in [1.807, 2.05) is 32.0 Å². The van der Waals surface area contributed by atoms with Crippen molar-refractivity contribution in [1.82, 2.24) is 5.43 Å². The van der Waals surface area contributed by atoms with Crippen LogP contribution in [0.5, 0.6) is 11.5 Å². The van der Waals surface area contributed by atoms with Gasteiger partial charge in [-0.1, -0.05) is 18.2 Å². The summed E-state index contributed by atoms with van der Waals surface area (Å²) in [5.41, 5.74) is 5.10. The van der Waals surface area contributed by atoms with Crippen molar-refractivity contribution < 1.29 is 19.4 Å². The Morgan fingerprint density at radius 1 is 1.15 bits per heavy atom. The number of aryl methyl sites for hydroxylation is 2. The van der Waals surface area contributed by atoms with E-state index in [9.17, 15) is 14.7 Å². The number of nitrogens with one attached hydrogen (secondary N) is 2. The predicted molar refractivity (Wildman–Crippen MR) is 99.6 cm³/mol. The minimum Gasteiger partial charge on any atom is -0.504 e. The summed E-state index contributed by atoms with van der Waals surface area (Å²) < 4.78 is 5.27. The average Bonchev–Trinajstić information content (AvgIpc) is 2.61. The minimum absolute atomic E-state index is 0.0148. The fourth-order valence-electron chi connectivity index (χ4n) is 2.28. The third kappa shape index (κ3) is 4.83. The number of ether oxygens (including phenoxy) is 1. The lowest BCUT2D eigenvalue weighted by atomic mass is 10.1. The van der Waals surface area contributed by atoms with Gasteiger partial charge in [0.25, 0.3) is 0 Å². The Labute approximate surface area is 151 Å². The van der Waals surface area contributed by atoms with Gasteiger partial charge >= 0.3 is 11.8 Å². The molecule has 0 bridgehead atoms. The summed E-state index contributed by atoms with van der Waals surface area (Å²) in [5.74, 6) is -1.36. The van der Waals surface area contributed by atoms with Crippen LogP contribution in [0.25, 0.3) is 0 Å². The van der Waals surface area contributed by atoms with E-state index in [1.54, 1.807) is 19.1 Å². The van der Waals surface area contributed by atoms with Crippen molar-refractivity contribution in [2.75, 3.05) is 11.9 Å². The molecule has 2 amide bonds. The molecule has 0 unspecified atom stereocenters. The van der Waals surface area contributed by atoms with Crippen molar-refractivity contribution in [3.05, 3.63) is 53.1 Å². The molecular formula is C19H21N3O4. The molecule has 0 saturated carbocycles. The number of para-hydroxylation sites is 1. The van der Waals surface area contributed by atoms with Gasteiger partial charge in [-0.25, -0.2) is 5.43 Å². The number of anilines is 1. The molecule has 3 N–H and O–H groups in total. The van der Waals surface area contributed by atoms with Gasteiger partial charge < -0.3 is 15.2 Å². The monoisotopic (exact) mass is 355 g/mol. The lowest BCUT2D eigenvalue weighted by Gasteiger charge is -2.10. The Hall–Kier alpha value is -3.35.